The molecule has 0 unspecified atom stereocenters. The Morgan fingerprint density at radius 3 is 2.30 bits per heavy atom. The lowest BCUT2D eigenvalue weighted by atomic mass is 10.1. The number of benzene rings is 2. The normalized spacial score (nSPS) is 11.3. The molecule has 102 valence electrons. The van der Waals surface area contributed by atoms with Crippen molar-refractivity contribution in [1.29, 1.82) is 0 Å². The van der Waals surface area contributed by atoms with Crippen LogP contribution in [0, 0.1) is 15.3 Å². The summed E-state index contributed by atoms with van der Waals surface area (Å²) in [5, 5.41) is 22.6. The number of para-hydroxylation sites is 1. The number of hydrogen-bond donors (Lipinski definition) is 0. The summed E-state index contributed by atoms with van der Waals surface area (Å²) < 4.78 is 0.731. The molecule has 2 rings (SSSR count). The number of hydroxylamine groups is 1. The fourth-order valence-corrected chi connectivity index (χ4v) is 1.87. The van der Waals surface area contributed by atoms with E-state index in [1.807, 2.05) is 30.3 Å². The molecule has 0 atom stereocenters. The van der Waals surface area contributed by atoms with Crippen molar-refractivity contribution in [3.05, 3.63) is 81.0 Å². The Bertz CT molecular complexity index is 624. The van der Waals surface area contributed by atoms with Crippen LogP contribution >= 0.6 is 0 Å². The molecule has 2 aromatic carbocycles. The van der Waals surface area contributed by atoms with Crippen molar-refractivity contribution < 1.29 is 9.66 Å². The highest BCUT2D eigenvalue weighted by Crippen LogP contribution is 2.15. The van der Waals surface area contributed by atoms with Crippen LogP contribution in [0.2, 0.25) is 0 Å². The molecule has 0 aliphatic heterocycles. The zero-order valence-corrected chi connectivity index (χ0v) is 10.8. The first-order chi connectivity index (χ1) is 9.66. The molecule has 0 aliphatic rings. The van der Waals surface area contributed by atoms with Gasteiger partial charge in [-0.2, -0.15) is 0 Å². The molecule has 0 N–H and O–H groups in total. The molecule has 5 nitrogen and oxygen atoms in total. The molecular formula is C15H14N2O3. The molecule has 2 aromatic rings. The highest BCUT2D eigenvalue weighted by atomic mass is 16.6. The number of nitro groups is 1. The van der Waals surface area contributed by atoms with Crippen LogP contribution in [0.4, 0.5) is 5.69 Å². The first kappa shape index (κ1) is 13.7. The number of nitro benzene ring substituents is 1. The van der Waals surface area contributed by atoms with Gasteiger partial charge in [-0.3, -0.25) is 10.1 Å². The maximum Gasteiger partial charge on any atom is 0.282 e. The molecule has 0 aromatic heterocycles. The van der Waals surface area contributed by atoms with Crippen LogP contribution in [0.15, 0.2) is 54.6 Å². The van der Waals surface area contributed by atoms with Crippen molar-refractivity contribution in [3.8, 4) is 0 Å². The first-order valence-electron chi connectivity index (χ1n) is 6.23. The quantitative estimate of drug-likeness (QED) is 0.276. The van der Waals surface area contributed by atoms with Gasteiger partial charge in [0.25, 0.3) is 5.69 Å². The van der Waals surface area contributed by atoms with Crippen molar-refractivity contribution in [2.24, 2.45) is 0 Å². The van der Waals surface area contributed by atoms with E-state index in [9.17, 15) is 15.3 Å². The summed E-state index contributed by atoms with van der Waals surface area (Å²) in [6.07, 6.45) is 1.86. The van der Waals surface area contributed by atoms with Crippen LogP contribution in [-0.4, -0.2) is 22.4 Å². The maximum atomic E-state index is 11.8. The Balaban J connectivity index is 2.09. The predicted octanol–water partition coefficient (Wildman–Crippen LogP) is 2.77. The number of rotatable bonds is 5. The summed E-state index contributed by atoms with van der Waals surface area (Å²) in [4.78, 5) is 10.4. The summed E-state index contributed by atoms with van der Waals surface area (Å²) >= 11 is 0. The zero-order chi connectivity index (χ0) is 14.4. The standard InChI is InChI=1S/C15H14N2O3/c18-16(11-10-13-6-2-1-3-7-13)12-14-8-4-5-9-15(14)17(19)20/h1-9,12H,10-11H2/b16-12-. The molecule has 0 amide bonds. The first-order valence-corrected chi connectivity index (χ1v) is 6.23. The fourth-order valence-electron chi connectivity index (χ4n) is 1.87. The average molecular weight is 270 g/mol. The monoisotopic (exact) mass is 270 g/mol. The summed E-state index contributed by atoms with van der Waals surface area (Å²) in [6, 6.07) is 15.8. The van der Waals surface area contributed by atoms with E-state index in [-0.39, 0.29) is 12.2 Å². The van der Waals surface area contributed by atoms with Crippen LogP contribution in [0.3, 0.4) is 0 Å². The van der Waals surface area contributed by atoms with E-state index in [1.54, 1.807) is 18.2 Å². The van der Waals surface area contributed by atoms with Crippen molar-refractivity contribution in [2.75, 3.05) is 6.54 Å². The number of hydrogen-bond acceptors (Lipinski definition) is 3. The second-order valence-corrected chi connectivity index (χ2v) is 4.32. The van der Waals surface area contributed by atoms with Crippen LogP contribution in [0.1, 0.15) is 11.1 Å². The highest BCUT2D eigenvalue weighted by Gasteiger charge is 2.13. The largest absolute Gasteiger partial charge is 0.624 e. The minimum atomic E-state index is -0.489. The lowest BCUT2D eigenvalue weighted by Gasteiger charge is -2.04. The van der Waals surface area contributed by atoms with Crippen molar-refractivity contribution in [1.82, 2.24) is 0 Å². The van der Waals surface area contributed by atoms with E-state index in [0.717, 1.165) is 10.3 Å². The van der Waals surface area contributed by atoms with E-state index in [1.165, 1.54) is 12.3 Å². The topological polar surface area (TPSA) is 69.2 Å². The smallest absolute Gasteiger partial charge is 0.282 e. The highest BCUT2D eigenvalue weighted by molar-refractivity contribution is 5.81. The predicted molar refractivity (Wildman–Crippen MR) is 76.9 cm³/mol. The molecule has 0 saturated heterocycles. The molecule has 5 heteroatoms. The lowest BCUT2D eigenvalue weighted by Crippen LogP contribution is -2.11. The molecule has 0 aliphatic carbocycles. The van der Waals surface area contributed by atoms with Crippen LogP contribution in [0.25, 0.3) is 0 Å². The Morgan fingerprint density at radius 1 is 0.950 bits per heavy atom. The summed E-state index contributed by atoms with van der Waals surface area (Å²) in [5.41, 5.74) is 1.32. The van der Waals surface area contributed by atoms with Gasteiger partial charge < -0.3 is 5.21 Å². The van der Waals surface area contributed by atoms with E-state index >= 15 is 0 Å². The van der Waals surface area contributed by atoms with E-state index < -0.39 is 4.92 Å². The minimum Gasteiger partial charge on any atom is -0.624 e. The van der Waals surface area contributed by atoms with Gasteiger partial charge in [0.05, 0.1) is 4.92 Å². The third-order valence-corrected chi connectivity index (χ3v) is 2.88. The van der Waals surface area contributed by atoms with E-state index in [2.05, 4.69) is 0 Å². The van der Waals surface area contributed by atoms with Gasteiger partial charge in [0, 0.05) is 12.5 Å². The molecule has 0 spiro atoms. The SMILES string of the molecule is O=[N+]([O-])c1ccccc1/C=[N+](\[O-])CCc1ccccc1. The van der Waals surface area contributed by atoms with E-state index in [0.29, 0.717) is 12.0 Å². The Labute approximate surface area is 116 Å². The lowest BCUT2D eigenvalue weighted by molar-refractivity contribution is -0.452. The maximum absolute atomic E-state index is 11.8. The zero-order valence-electron chi connectivity index (χ0n) is 10.8. The minimum absolute atomic E-state index is 0.0620. The van der Waals surface area contributed by atoms with Gasteiger partial charge in [0.2, 0.25) is 0 Å². The molecule has 0 saturated carbocycles. The van der Waals surface area contributed by atoms with E-state index in [4.69, 9.17) is 0 Å². The molecular weight excluding hydrogens is 256 g/mol. The van der Waals surface area contributed by atoms with Gasteiger partial charge in [-0.1, -0.05) is 42.5 Å². The molecule has 20 heavy (non-hydrogen) atoms. The summed E-state index contributed by atoms with van der Waals surface area (Å²) in [5.74, 6) is 0. The summed E-state index contributed by atoms with van der Waals surface area (Å²) in [6.45, 7) is 0.260. The Hall–Kier alpha value is -2.69. The van der Waals surface area contributed by atoms with Gasteiger partial charge in [0.15, 0.2) is 12.8 Å². The van der Waals surface area contributed by atoms with Gasteiger partial charge in [-0.25, -0.2) is 4.74 Å². The fraction of sp³-hybridized carbons (Fsp3) is 0.133. The van der Waals surface area contributed by atoms with Gasteiger partial charge in [0.1, 0.15) is 5.56 Å². The van der Waals surface area contributed by atoms with Gasteiger partial charge in [-0.15, -0.1) is 0 Å². The Morgan fingerprint density at radius 2 is 1.60 bits per heavy atom. The van der Waals surface area contributed by atoms with Crippen LogP contribution in [-0.2, 0) is 6.42 Å². The second kappa shape index (κ2) is 6.47. The average Bonchev–Trinajstić information content (AvgIpc) is 2.46. The van der Waals surface area contributed by atoms with Crippen molar-refractivity contribution in [3.63, 3.8) is 0 Å². The number of nitrogens with zero attached hydrogens (tertiary/aromatic N) is 2. The van der Waals surface area contributed by atoms with Gasteiger partial charge >= 0.3 is 0 Å². The van der Waals surface area contributed by atoms with Crippen molar-refractivity contribution >= 4 is 11.9 Å². The molecule has 0 fully saturated rings. The summed E-state index contributed by atoms with van der Waals surface area (Å²) in [7, 11) is 0. The third-order valence-electron chi connectivity index (χ3n) is 2.88. The van der Waals surface area contributed by atoms with Crippen molar-refractivity contribution in [2.45, 2.75) is 6.42 Å². The second-order valence-electron chi connectivity index (χ2n) is 4.32. The van der Waals surface area contributed by atoms with Gasteiger partial charge in [-0.05, 0) is 11.6 Å². The Kier molecular flexibility index (Phi) is 4.44. The molecule has 0 heterocycles. The molecule has 0 radical (unpaired) electrons. The van der Waals surface area contributed by atoms with Crippen LogP contribution in [0.5, 0.6) is 0 Å². The molecule has 0 bridgehead atoms. The van der Waals surface area contributed by atoms with Crippen LogP contribution < -0.4 is 0 Å². The third kappa shape index (κ3) is 3.65.